The van der Waals surface area contributed by atoms with Crippen LogP contribution in [0.2, 0.25) is 0 Å². The molecule has 2 fully saturated rings. The van der Waals surface area contributed by atoms with Crippen LogP contribution < -0.4 is 0 Å². The normalized spacial score (nSPS) is 32.6. The zero-order valence-electron chi connectivity index (χ0n) is 10.7. The van der Waals surface area contributed by atoms with Crippen LogP contribution in [0.4, 0.5) is 0 Å². The standard InChI is InChI=1S/C14H27NO/c1-2-13(16)8-5-11-15-10-4-7-12-6-3-9-14(12)15/h12-14,16H,2-11H2,1H3. The van der Waals surface area contributed by atoms with Crippen LogP contribution in [-0.4, -0.2) is 35.2 Å². The summed E-state index contributed by atoms with van der Waals surface area (Å²) in [5, 5.41) is 9.56. The molecule has 0 aromatic rings. The maximum atomic E-state index is 9.56. The Kier molecular flexibility index (Phi) is 4.66. The molecule has 1 aliphatic carbocycles. The van der Waals surface area contributed by atoms with Crippen molar-refractivity contribution in [2.24, 2.45) is 5.92 Å². The summed E-state index contributed by atoms with van der Waals surface area (Å²) in [4.78, 5) is 2.71. The van der Waals surface area contributed by atoms with Crippen LogP contribution in [0.5, 0.6) is 0 Å². The van der Waals surface area contributed by atoms with E-state index in [4.69, 9.17) is 0 Å². The first kappa shape index (κ1) is 12.4. The number of piperidine rings is 1. The molecular formula is C14H27NO. The van der Waals surface area contributed by atoms with Crippen LogP contribution in [0.15, 0.2) is 0 Å². The van der Waals surface area contributed by atoms with E-state index in [1.807, 2.05) is 0 Å². The van der Waals surface area contributed by atoms with Crippen LogP contribution >= 0.6 is 0 Å². The number of hydrogen-bond acceptors (Lipinski definition) is 2. The summed E-state index contributed by atoms with van der Waals surface area (Å²) >= 11 is 0. The summed E-state index contributed by atoms with van der Waals surface area (Å²) in [6.07, 6.45) is 10.2. The van der Waals surface area contributed by atoms with Crippen molar-refractivity contribution in [1.29, 1.82) is 0 Å². The molecule has 0 radical (unpaired) electrons. The van der Waals surface area contributed by atoms with Gasteiger partial charge in [0.05, 0.1) is 6.10 Å². The van der Waals surface area contributed by atoms with Crippen LogP contribution in [-0.2, 0) is 0 Å². The summed E-state index contributed by atoms with van der Waals surface area (Å²) < 4.78 is 0. The van der Waals surface area contributed by atoms with Crippen molar-refractivity contribution in [3.8, 4) is 0 Å². The molecule has 3 atom stereocenters. The van der Waals surface area contributed by atoms with E-state index >= 15 is 0 Å². The first-order valence-electron chi connectivity index (χ1n) is 7.23. The first-order valence-corrected chi connectivity index (χ1v) is 7.23. The van der Waals surface area contributed by atoms with Crippen LogP contribution in [0.3, 0.4) is 0 Å². The highest BCUT2D eigenvalue weighted by molar-refractivity contribution is 4.88. The molecule has 1 aliphatic heterocycles. The number of nitrogens with zero attached hydrogens (tertiary/aromatic N) is 1. The molecule has 2 heteroatoms. The van der Waals surface area contributed by atoms with Gasteiger partial charge >= 0.3 is 0 Å². The van der Waals surface area contributed by atoms with Gasteiger partial charge in [0, 0.05) is 6.04 Å². The Morgan fingerprint density at radius 1 is 1.25 bits per heavy atom. The van der Waals surface area contributed by atoms with Gasteiger partial charge in [-0.15, -0.1) is 0 Å². The van der Waals surface area contributed by atoms with Gasteiger partial charge in [0.15, 0.2) is 0 Å². The molecule has 16 heavy (non-hydrogen) atoms. The van der Waals surface area contributed by atoms with Crippen molar-refractivity contribution >= 4 is 0 Å². The minimum Gasteiger partial charge on any atom is -0.393 e. The zero-order valence-corrected chi connectivity index (χ0v) is 10.7. The van der Waals surface area contributed by atoms with Crippen molar-refractivity contribution in [1.82, 2.24) is 4.90 Å². The molecule has 2 aliphatic rings. The fourth-order valence-electron chi connectivity index (χ4n) is 3.57. The minimum absolute atomic E-state index is 0.0656. The third-order valence-corrected chi connectivity index (χ3v) is 4.56. The van der Waals surface area contributed by atoms with E-state index in [2.05, 4.69) is 11.8 Å². The van der Waals surface area contributed by atoms with Crippen molar-refractivity contribution in [3.63, 3.8) is 0 Å². The van der Waals surface area contributed by atoms with Crippen molar-refractivity contribution in [2.45, 2.75) is 70.4 Å². The van der Waals surface area contributed by atoms with Gasteiger partial charge in [0.2, 0.25) is 0 Å². The van der Waals surface area contributed by atoms with Gasteiger partial charge in [0.1, 0.15) is 0 Å². The highest BCUT2D eigenvalue weighted by atomic mass is 16.3. The molecule has 2 nitrogen and oxygen atoms in total. The molecule has 0 amide bonds. The van der Waals surface area contributed by atoms with Crippen LogP contribution in [0.1, 0.15) is 58.3 Å². The Morgan fingerprint density at radius 2 is 2.06 bits per heavy atom. The minimum atomic E-state index is -0.0656. The summed E-state index contributed by atoms with van der Waals surface area (Å²) in [5.41, 5.74) is 0. The number of likely N-dealkylation sites (tertiary alicyclic amines) is 1. The molecule has 94 valence electrons. The lowest BCUT2D eigenvalue weighted by atomic mass is 9.92. The van der Waals surface area contributed by atoms with Crippen LogP contribution in [0.25, 0.3) is 0 Å². The van der Waals surface area contributed by atoms with E-state index in [-0.39, 0.29) is 6.10 Å². The Morgan fingerprint density at radius 3 is 2.88 bits per heavy atom. The molecular weight excluding hydrogens is 198 g/mol. The van der Waals surface area contributed by atoms with E-state index in [9.17, 15) is 5.11 Å². The number of aliphatic hydroxyl groups is 1. The predicted molar refractivity (Wildman–Crippen MR) is 67.5 cm³/mol. The van der Waals surface area contributed by atoms with Gasteiger partial charge in [-0.1, -0.05) is 13.3 Å². The molecule has 2 rings (SSSR count). The number of fused-ring (bicyclic) bond motifs is 1. The molecule has 0 aromatic carbocycles. The number of rotatable bonds is 5. The average molecular weight is 225 g/mol. The monoisotopic (exact) mass is 225 g/mol. The van der Waals surface area contributed by atoms with Gasteiger partial charge in [0.25, 0.3) is 0 Å². The summed E-state index contributed by atoms with van der Waals surface area (Å²) in [6, 6.07) is 0.896. The lowest BCUT2D eigenvalue weighted by Crippen LogP contribution is -2.43. The van der Waals surface area contributed by atoms with E-state index in [0.29, 0.717) is 0 Å². The Balaban J connectivity index is 1.71. The quantitative estimate of drug-likeness (QED) is 0.777. The lowest BCUT2D eigenvalue weighted by molar-refractivity contribution is 0.0991. The maximum absolute atomic E-state index is 9.56. The average Bonchev–Trinajstić information content (AvgIpc) is 2.77. The Hall–Kier alpha value is -0.0800. The van der Waals surface area contributed by atoms with Gasteiger partial charge in [-0.2, -0.15) is 0 Å². The lowest BCUT2D eigenvalue weighted by Gasteiger charge is -2.37. The second-order valence-electron chi connectivity index (χ2n) is 5.64. The maximum Gasteiger partial charge on any atom is 0.0538 e. The molecule has 0 bridgehead atoms. The van der Waals surface area contributed by atoms with E-state index in [1.54, 1.807) is 0 Å². The Labute approximate surface area is 100 Å². The highest BCUT2D eigenvalue weighted by Gasteiger charge is 2.34. The molecule has 1 saturated carbocycles. The van der Waals surface area contributed by atoms with E-state index in [1.165, 1.54) is 51.6 Å². The summed E-state index contributed by atoms with van der Waals surface area (Å²) in [6.45, 7) is 4.60. The molecule has 0 spiro atoms. The largest absolute Gasteiger partial charge is 0.393 e. The topological polar surface area (TPSA) is 23.5 Å². The summed E-state index contributed by atoms with van der Waals surface area (Å²) in [5.74, 6) is 1.00. The third-order valence-electron chi connectivity index (χ3n) is 4.56. The molecule has 1 N–H and O–H groups in total. The zero-order chi connectivity index (χ0) is 11.4. The third kappa shape index (κ3) is 2.98. The number of hydrogen-bond donors (Lipinski definition) is 1. The van der Waals surface area contributed by atoms with Gasteiger partial charge in [-0.25, -0.2) is 0 Å². The van der Waals surface area contributed by atoms with Crippen molar-refractivity contribution in [2.75, 3.05) is 13.1 Å². The second kappa shape index (κ2) is 6.02. The van der Waals surface area contributed by atoms with E-state index in [0.717, 1.165) is 24.8 Å². The fraction of sp³-hybridized carbons (Fsp3) is 1.00. The SMILES string of the molecule is CCC(O)CCCN1CCCC2CCCC21. The number of aliphatic hydroxyl groups excluding tert-OH is 1. The van der Waals surface area contributed by atoms with Gasteiger partial charge in [-0.05, 0) is 64.0 Å². The predicted octanol–water partition coefficient (Wildman–Crippen LogP) is 2.80. The van der Waals surface area contributed by atoms with Gasteiger partial charge < -0.3 is 10.0 Å². The molecule has 0 aromatic heterocycles. The first-order chi connectivity index (χ1) is 7.81. The molecule has 3 unspecified atom stereocenters. The highest BCUT2D eigenvalue weighted by Crippen LogP contribution is 2.36. The van der Waals surface area contributed by atoms with E-state index < -0.39 is 0 Å². The molecule has 1 saturated heterocycles. The smallest absolute Gasteiger partial charge is 0.0538 e. The fourth-order valence-corrected chi connectivity index (χ4v) is 3.57. The summed E-state index contributed by atoms with van der Waals surface area (Å²) in [7, 11) is 0. The molecule has 1 heterocycles. The van der Waals surface area contributed by atoms with Crippen LogP contribution in [0, 0.1) is 5.92 Å². The second-order valence-corrected chi connectivity index (χ2v) is 5.64. The Bertz CT molecular complexity index is 207. The van der Waals surface area contributed by atoms with Crippen molar-refractivity contribution < 1.29 is 5.11 Å². The van der Waals surface area contributed by atoms with Gasteiger partial charge in [-0.3, -0.25) is 0 Å². The van der Waals surface area contributed by atoms with Crippen molar-refractivity contribution in [3.05, 3.63) is 0 Å².